The zero-order chi connectivity index (χ0) is 19.6. The lowest BCUT2D eigenvalue weighted by Crippen LogP contribution is -2.37. The molecule has 5 nitrogen and oxygen atoms in total. The van der Waals surface area contributed by atoms with E-state index in [2.05, 4.69) is 9.97 Å². The van der Waals surface area contributed by atoms with E-state index in [1.165, 1.54) is 11.0 Å². The molecule has 0 fully saturated rings. The lowest BCUT2D eigenvalue weighted by Gasteiger charge is -2.27. The molecule has 0 N–H and O–H groups in total. The molecule has 3 rings (SSSR count). The first kappa shape index (κ1) is 19.4. The van der Waals surface area contributed by atoms with Gasteiger partial charge in [0.05, 0.1) is 6.54 Å². The number of nitrogens with zero attached hydrogens (tertiary/aromatic N) is 3. The molecule has 7 heteroatoms. The normalized spacial score (nSPS) is 11.4. The summed E-state index contributed by atoms with van der Waals surface area (Å²) < 4.78 is 5.56. The predicted molar refractivity (Wildman–Crippen MR) is 108 cm³/mol. The highest BCUT2D eigenvalue weighted by molar-refractivity contribution is 6.32. The summed E-state index contributed by atoms with van der Waals surface area (Å²) in [4.78, 5) is 22.3. The number of rotatable bonds is 3. The Kier molecular flexibility index (Phi) is 5.53. The van der Waals surface area contributed by atoms with Crippen molar-refractivity contribution in [3.63, 3.8) is 0 Å². The van der Waals surface area contributed by atoms with Gasteiger partial charge in [-0.1, -0.05) is 54.1 Å². The summed E-state index contributed by atoms with van der Waals surface area (Å²) in [5.41, 5.74) is 0.291. The molecule has 0 aliphatic carbocycles. The Hall–Kier alpha value is -2.37. The fourth-order valence-electron chi connectivity index (χ4n) is 2.67. The van der Waals surface area contributed by atoms with Gasteiger partial charge in [-0.15, -0.1) is 0 Å². The second-order valence-electron chi connectivity index (χ2n) is 7.02. The van der Waals surface area contributed by atoms with Gasteiger partial charge in [0.2, 0.25) is 5.28 Å². The fourth-order valence-corrected chi connectivity index (χ4v) is 3.07. The van der Waals surface area contributed by atoms with Crippen molar-refractivity contribution < 1.29 is 9.53 Å². The monoisotopic (exact) mass is 403 g/mol. The van der Waals surface area contributed by atoms with Crippen LogP contribution in [0.5, 0.6) is 0 Å². The molecular formula is C20H19Cl2N3O2. The largest absolute Gasteiger partial charge is 0.443 e. The van der Waals surface area contributed by atoms with Crippen molar-refractivity contribution >= 4 is 45.9 Å². The van der Waals surface area contributed by atoms with E-state index in [1.54, 1.807) is 20.8 Å². The van der Waals surface area contributed by atoms with Gasteiger partial charge < -0.3 is 4.74 Å². The van der Waals surface area contributed by atoms with Crippen molar-refractivity contribution in [3.05, 3.63) is 64.5 Å². The van der Waals surface area contributed by atoms with Crippen LogP contribution >= 0.6 is 23.2 Å². The SMILES string of the molecule is CC(C)(C)OC(=O)N(Cc1cccc2ccccc12)c1cc(Cl)nc(Cl)n1. The number of hydrogen-bond acceptors (Lipinski definition) is 4. The van der Waals surface area contributed by atoms with Gasteiger partial charge in [-0.05, 0) is 48.7 Å². The number of ether oxygens (including phenoxy) is 1. The highest BCUT2D eigenvalue weighted by Crippen LogP contribution is 2.26. The number of amides is 1. The number of carbonyl (C=O) groups is 1. The summed E-state index contributed by atoms with van der Waals surface area (Å²) in [6, 6.07) is 15.4. The first-order valence-corrected chi connectivity index (χ1v) is 9.16. The number of hydrogen-bond donors (Lipinski definition) is 0. The molecule has 1 heterocycles. The molecule has 1 amide bonds. The van der Waals surface area contributed by atoms with Crippen molar-refractivity contribution in [1.82, 2.24) is 9.97 Å². The summed E-state index contributed by atoms with van der Waals surface area (Å²) in [5.74, 6) is 0.280. The van der Waals surface area contributed by atoms with Crippen molar-refractivity contribution in [1.29, 1.82) is 0 Å². The maximum Gasteiger partial charge on any atom is 0.416 e. The minimum Gasteiger partial charge on any atom is -0.443 e. The molecule has 1 aromatic heterocycles. The van der Waals surface area contributed by atoms with Crippen LogP contribution in [0.1, 0.15) is 26.3 Å². The van der Waals surface area contributed by atoms with Gasteiger partial charge in [0, 0.05) is 6.07 Å². The van der Waals surface area contributed by atoms with Gasteiger partial charge in [0.25, 0.3) is 0 Å². The van der Waals surface area contributed by atoms with E-state index in [9.17, 15) is 4.79 Å². The van der Waals surface area contributed by atoms with Crippen LogP contribution in [0.2, 0.25) is 10.4 Å². The number of halogens is 2. The molecule has 0 aliphatic heterocycles. The van der Waals surface area contributed by atoms with E-state index in [0.717, 1.165) is 16.3 Å². The van der Waals surface area contributed by atoms with Gasteiger partial charge in [0.15, 0.2) is 0 Å². The predicted octanol–water partition coefficient (Wildman–Crippen LogP) is 5.88. The van der Waals surface area contributed by atoms with Crippen LogP contribution in [0.4, 0.5) is 10.6 Å². The van der Waals surface area contributed by atoms with Gasteiger partial charge >= 0.3 is 6.09 Å². The molecule has 0 bridgehead atoms. The van der Waals surface area contributed by atoms with Crippen LogP contribution in [0, 0.1) is 0 Å². The van der Waals surface area contributed by atoms with Gasteiger partial charge in [0.1, 0.15) is 16.6 Å². The van der Waals surface area contributed by atoms with Gasteiger partial charge in [-0.3, -0.25) is 4.90 Å². The molecule has 27 heavy (non-hydrogen) atoms. The Morgan fingerprint density at radius 1 is 1.07 bits per heavy atom. The maximum absolute atomic E-state index is 12.9. The molecule has 140 valence electrons. The highest BCUT2D eigenvalue weighted by Gasteiger charge is 2.26. The Bertz CT molecular complexity index is 961. The van der Waals surface area contributed by atoms with Gasteiger partial charge in [-0.2, -0.15) is 4.98 Å². The van der Waals surface area contributed by atoms with Crippen LogP contribution in [0.25, 0.3) is 10.8 Å². The lowest BCUT2D eigenvalue weighted by molar-refractivity contribution is 0.0576. The molecular weight excluding hydrogens is 385 g/mol. The second kappa shape index (κ2) is 7.71. The molecule has 0 saturated carbocycles. The number of benzene rings is 2. The summed E-state index contributed by atoms with van der Waals surface area (Å²) in [7, 11) is 0. The number of carbonyl (C=O) groups excluding carboxylic acids is 1. The van der Waals surface area contributed by atoms with Crippen molar-refractivity contribution in [2.24, 2.45) is 0 Å². The Morgan fingerprint density at radius 2 is 1.78 bits per heavy atom. The van der Waals surface area contributed by atoms with Crippen LogP contribution in [0.3, 0.4) is 0 Å². The van der Waals surface area contributed by atoms with E-state index in [1.807, 2.05) is 42.5 Å². The quantitative estimate of drug-likeness (QED) is 0.404. The molecule has 0 saturated heterocycles. The van der Waals surface area contributed by atoms with E-state index < -0.39 is 11.7 Å². The first-order chi connectivity index (χ1) is 12.7. The molecule has 2 aromatic carbocycles. The Morgan fingerprint density at radius 3 is 2.48 bits per heavy atom. The first-order valence-electron chi connectivity index (χ1n) is 8.40. The van der Waals surface area contributed by atoms with Crippen LogP contribution in [0.15, 0.2) is 48.5 Å². The minimum atomic E-state index is -0.658. The fraction of sp³-hybridized carbons (Fsp3) is 0.250. The summed E-state index contributed by atoms with van der Waals surface area (Å²) in [5, 5.41) is 2.23. The van der Waals surface area contributed by atoms with E-state index in [4.69, 9.17) is 27.9 Å². The Labute approximate surface area is 167 Å². The molecule has 0 spiro atoms. The standard InChI is InChI=1S/C20H19Cl2N3O2/c1-20(2,3)27-19(26)25(17-11-16(21)23-18(22)24-17)12-14-9-6-8-13-7-4-5-10-15(13)14/h4-11H,12H2,1-3H3. The van der Waals surface area contributed by atoms with Crippen LogP contribution < -0.4 is 4.90 Å². The summed E-state index contributed by atoms with van der Waals surface area (Å²) in [6.07, 6.45) is -0.540. The molecule has 0 atom stereocenters. The topological polar surface area (TPSA) is 55.3 Å². The average Bonchev–Trinajstić information content (AvgIpc) is 2.57. The zero-order valence-electron chi connectivity index (χ0n) is 15.2. The van der Waals surface area contributed by atoms with Crippen molar-refractivity contribution in [2.75, 3.05) is 4.90 Å². The second-order valence-corrected chi connectivity index (χ2v) is 7.75. The molecule has 3 aromatic rings. The third-order valence-corrected chi connectivity index (χ3v) is 4.12. The third-order valence-electron chi connectivity index (χ3n) is 3.75. The Balaban J connectivity index is 2.05. The number of aromatic nitrogens is 2. The lowest BCUT2D eigenvalue weighted by atomic mass is 10.0. The molecule has 0 radical (unpaired) electrons. The van der Waals surface area contributed by atoms with E-state index >= 15 is 0 Å². The van der Waals surface area contributed by atoms with E-state index in [0.29, 0.717) is 0 Å². The molecule has 0 unspecified atom stereocenters. The zero-order valence-corrected chi connectivity index (χ0v) is 16.8. The van der Waals surface area contributed by atoms with Crippen molar-refractivity contribution in [3.8, 4) is 0 Å². The maximum atomic E-state index is 12.9. The van der Waals surface area contributed by atoms with Gasteiger partial charge in [-0.25, -0.2) is 9.78 Å². The van der Waals surface area contributed by atoms with Crippen molar-refractivity contribution in [2.45, 2.75) is 32.9 Å². The smallest absolute Gasteiger partial charge is 0.416 e. The number of fused-ring (bicyclic) bond motifs is 1. The minimum absolute atomic E-state index is 0.0380. The summed E-state index contributed by atoms with van der Waals surface area (Å²) >= 11 is 12.0. The van der Waals surface area contributed by atoms with Crippen LogP contribution in [-0.4, -0.2) is 21.7 Å². The number of anilines is 1. The average molecular weight is 404 g/mol. The highest BCUT2D eigenvalue weighted by atomic mass is 35.5. The summed E-state index contributed by atoms with van der Waals surface area (Å²) in [6.45, 7) is 5.67. The molecule has 0 aliphatic rings. The third kappa shape index (κ3) is 4.87. The van der Waals surface area contributed by atoms with Crippen LogP contribution in [-0.2, 0) is 11.3 Å². The van der Waals surface area contributed by atoms with E-state index in [-0.39, 0.29) is 22.8 Å².